The first-order valence-corrected chi connectivity index (χ1v) is 11.6. The van der Waals surface area contributed by atoms with Gasteiger partial charge in [0.2, 0.25) is 5.91 Å². The molecule has 1 aromatic heterocycles. The van der Waals surface area contributed by atoms with Gasteiger partial charge in [-0.05, 0) is 42.0 Å². The molecule has 0 fully saturated rings. The van der Waals surface area contributed by atoms with E-state index < -0.39 is 6.10 Å². The lowest BCUT2D eigenvalue weighted by Gasteiger charge is -2.37. The number of nitrogens with zero attached hydrogens (tertiary/aromatic N) is 2. The van der Waals surface area contributed by atoms with Crippen molar-refractivity contribution < 1.29 is 19.0 Å². The minimum absolute atomic E-state index is 0.00441. The van der Waals surface area contributed by atoms with Gasteiger partial charge in [0.15, 0.2) is 0 Å². The number of carbonyl (C=O) groups is 1. The molecule has 0 saturated carbocycles. The molecule has 1 N–H and O–H groups in total. The van der Waals surface area contributed by atoms with Gasteiger partial charge in [0.05, 0.1) is 18.7 Å². The van der Waals surface area contributed by atoms with Gasteiger partial charge in [-0.3, -0.25) is 9.69 Å². The second-order valence-electron chi connectivity index (χ2n) is 7.85. The molecule has 0 saturated heterocycles. The number of fused-ring (bicyclic) bond motifs is 1. The number of benzene rings is 1. The average molecular weight is 447 g/mol. The molecule has 31 heavy (non-hydrogen) atoms. The molecule has 3 rings (SSSR count). The number of hydrogen-bond donors (Lipinski definition) is 1. The smallest absolute Gasteiger partial charge is 0.237 e. The number of halogens is 1. The molecule has 2 heterocycles. The van der Waals surface area contributed by atoms with Gasteiger partial charge in [0.1, 0.15) is 18.2 Å². The van der Waals surface area contributed by atoms with Gasteiger partial charge in [-0.1, -0.05) is 25.5 Å². The Hall–Kier alpha value is -2.22. The summed E-state index contributed by atoms with van der Waals surface area (Å²) in [5.41, 5.74) is 1.10. The van der Waals surface area contributed by atoms with Crippen molar-refractivity contribution in [3.63, 3.8) is 0 Å². The summed E-state index contributed by atoms with van der Waals surface area (Å²) in [7, 11) is 0. The summed E-state index contributed by atoms with van der Waals surface area (Å²) in [5.74, 6) is 0.0944. The van der Waals surface area contributed by atoms with Gasteiger partial charge in [0.25, 0.3) is 0 Å². The summed E-state index contributed by atoms with van der Waals surface area (Å²) in [6.45, 7) is 7.88. The molecule has 0 aliphatic carbocycles. The highest BCUT2D eigenvalue weighted by molar-refractivity contribution is 7.10. The van der Waals surface area contributed by atoms with Gasteiger partial charge in [-0.25, -0.2) is 4.39 Å². The van der Waals surface area contributed by atoms with Crippen LogP contribution >= 0.6 is 11.3 Å². The Kier molecular flexibility index (Phi) is 8.63. The van der Waals surface area contributed by atoms with Crippen molar-refractivity contribution in [3.05, 3.63) is 64.6 Å². The maximum Gasteiger partial charge on any atom is 0.237 e. The monoisotopic (exact) mass is 446 g/mol. The normalized spacial score (nSPS) is 16.8. The Labute approximate surface area is 187 Å². The van der Waals surface area contributed by atoms with E-state index in [0.29, 0.717) is 31.8 Å². The highest BCUT2D eigenvalue weighted by atomic mass is 32.1. The molecule has 0 bridgehead atoms. The Morgan fingerprint density at radius 1 is 1.48 bits per heavy atom. The second-order valence-corrected chi connectivity index (χ2v) is 8.85. The lowest BCUT2D eigenvalue weighted by Crippen LogP contribution is -2.47. The highest BCUT2D eigenvalue weighted by Crippen LogP contribution is 2.34. The van der Waals surface area contributed by atoms with Crippen LogP contribution in [0, 0.1) is 5.82 Å². The summed E-state index contributed by atoms with van der Waals surface area (Å²) < 4.78 is 19.4. The van der Waals surface area contributed by atoms with Crippen molar-refractivity contribution in [2.45, 2.75) is 38.3 Å². The van der Waals surface area contributed by atoms with Crippen molar-refractivity contribution >= 4 is 17.2 Å². The highest BCUT2D eigenvalue weighted by Gasteiger charge is 2.33. The summed E-state index contributed by atoms with van der Waals surface area (Å²) in [5, 5.41) is 12.2. The molecule has 2 atom stereocenters. The maximum atomic E-state index is 13.5. The first-order chi connectivity index (χ1) is 15.0. The standard InChI is InChI=1S/C24H31FN2O3S/c1-3-6-19(28)15-26(11-4-2)16-24(29)27-12-9-23-21(10-13-31-23)22(27)17-30-20-8-5-7-18(25)14-20/h4-5,7-8,10,13-14,19,22,28H,2-3,6,9,11-12,15-17H2,1H3/t19-,22+/m1/s1. The van der Waals surface area contributed by atoms with E-state index in [9.17, 15) is 14.3 Å². The molecule has 1 aliphatic rings. The maximum absolute atomic E-state index is 13.5. The van der Waals surface area contributed by atoms with Crippen LogP contribution in [0.15, 0.2) is 48.4 Å². The molecular formula is C24H31FN2O3S. The number of aliphatic hydroxyl groups is 1. The predicted molar refractivity (Wildman–Crippen MR) is 122 cm³/mol. The van der Waals surface area contributed by atoms with Gasteiger partial charge < -0.3 is 14.7 Å². The number of amides is 1. The van der Waals surface area contributed by atoms with E-state index in [-0.39, 0.29) is 30.9 Å². The Morgan fingerprint density at radius 3 is 3.06 bits per heavy atom. The largest absolute Gasteiger partial charge is 0.491 e. The predicted octanol–water partition coefficient (Wildman–Crippen LogP) is 4.04. The minimum atomic E-state index is -0.463. The number of ether oxygens (including phenoxy) is 1. The molecule has 1 amide bonds. The molecule has 168 valence electrons. The van der Waals surface area contributed by atoms with Gasteiger partial charge in [-0.2, -0.15) is 0 Å². The van der Waals surface area contributed by atoms with Crippen LogP contribution in [0.25, 0.3) is 0 Å². The van der Waals surface area contributed by atoms with Crippen LogP contribution in [0.2, 0.25) is 0 Å². The fourth-order valence-corrected chi connectivity index (χ4v) is 4.93. The van der Waals surface area contributed by atoms with Crippen molar-refractivity contribution in [1.82, 2.24) is 9.80 Å². The third kappa shape index (κ3) is 6.38. The van der Waals surface area contributed by atoms with Crippen molar-refractivity contribution in [1.29, 1.82) is 0 Å². The van der Waals surface area contributed by atoms with E-state index in [2.05, 4.69) is 6.58 Å². The molecule has 7 heteroatoms. The van der Waals surface area contributed by atoms with E-state index in [1.54, 1.807) is 29.5 Å². The second kappa shape index (κ2) is 11.4. The first-order valence-electron chi connectivity index (χ1n) is 10.8. The molecule has 2 aromatic rings. The van der Waals surface area contributed by atoms with E-state index in [0.717, 1.165) is 18.4 Å². The van der Waals surface area contributed by atoms with Crippen molar-refractivity contribution in [3.8, 4) is 5.75 Å². The zero-order valence-corrected chi connectivity index (χ0v) is 18.8. The molecule has 0 unspecified atom stereocenters. The SMILES string of the molecule is C=CCN(CC(=O)N1CCc2sccc2[C@@H]1COc1cccc(F)c1)C[C@H](O)CCC. The Morgan fingerprint density at radius 2 is 2.32 bits per heavy atom. The summed E-state index contributed by atoms with van der Waals surface area (Å²) in [6.07, 6.45) is 3.70. The fourth-order valence-electron chi connectivity index (χ4n) is 4.00. The van der Waals surface area contributed by atoms with E-state index in [1.165, 1.54) is 17.0 Å². The van der Waals surface area contributed by atoms with E-state index >= 15 is 0 Å². The average Bonchev–Trinajstić information content (AvgIpc) is 3.21. The Bertz CT molecular complexity index is 872. The molecule has 5 nitrogen and oxygen atoms in total. The van der Waals surface area contributed by atoms with Crippen LogP contribution in [0.4, 0.5) is 4.39 Å². The van der Waals surface area contributed by atoms with E-state index in [4.69, 9.17) is 4.74 Å². The molecular weight excluding hydrogens is 415 g/mol. The zero-order valence-electron chi connectivity index (χ0n) is 18.0. The van der Waals surface area contributed by atoms with Crippen LogP contribution in [0.5, 0.6) is 5.75 Å². The Balaban J connectivity index is 1.72. The van der Waals surface area contributed by atoms with Crippen LogP contribution in [-0.2, 0) is 11.2 Å². The van der Waals surface area contributed by atoms with Crippen LogP contribution in [0.1, 0.15) is 36.2 Å². The third-order valence-electron chi connectivity index (χ3n) is 5.46. The van der Waals surface area contributed by atoms with E-state index in [1.807, 2.05) is 28.2 Å². The summed E-state index contributed by atoms with van der Waals surface area (Å²) in [6, 6.07) is 7.88. The molecule has 1 aromatic carbocycles. The summed E-state index contributed by atoms with van der Waals surface area (Å²) in [4.78, 5) is 18.3. The van der Waals surface area contributed by atoms with Crippen LogP contribution in [0.3, 0.4) is 0 Å². The fraction of sp³-hybridized carbons (Fsp3) is 0.458. The summed E-state index contributed by atoms with van der Waals surface area (Å²) >= 11 is 1.69. The number of aliphatic hydroxyl groups excluding tert-OH is 1. The quantitative estimate of drug-likeness (QED) is 0.530. The molecule has 0 spiro atoms. The van der Waals surface area contributed by atoms with Crippen molar-refractivity contribution in [2.75, 3.05) is 32.8 Å². The first kappa shape index (κ1) is 23.4. The third-order valence-corrected chi connectivity index (χ3v) is 6.45. The van der Waals surface area contributed by atoms with Crippen molar-refractivity contribution in [2.24, 2.45) is 0 Å². The van der Waals surface area contributed by atoms with Gasteiger partial charge in [-0.15, -0.1) is 17.9 Å². The number of rotatable bonds is 11. The lowest BCUT2D eigenvalue weighted by molar-refractivity contribution is -0.136. The lowest BCUT2D eigenvalue weighted by atomic mass is 10.0. The minimum Gasteiger partial charge on any atom is -0.491 e. The zero-order chi connectivity index (χ0) is 22.2. The number of thiophene rings is 1. The topological polar surface area (TPSA) is 53.0 Å². The van der Waals surface area contributed by atoms with Crippen LogP contribution in [-0.4, -0.2) is 59.7 Å². The number of hydrogen-bond acceptors (Lipinski definition) is 5. The number of carbonyl (C=O) groups excluding carboxylic acids is 1. The van der Waals surface area contributed by atoms with Gasteiger partial charge >= 0.3 is 0 Å². The van der Waals surface area contributed by atoms with Crippen LogP contribution < -0.4 is 4.74 Å². The molecule has 0 radical (unpaired) electrons. The van der Waals surface area contributed by atoms with Gasteiger partial charge in [0, 0.05) is 30.6 Å². The molecule has 1 aliphatic heterocycles.